The van der Waals surface area contributed by atoms with Crippen molar-refractivity contribution in [1.29, 1.82) is 0 Å². The summed E-state index contributed by atoms with van der Waals surface area (Å²) in [7, 11) is 0. The molecule has 5 heteroatoms. The number of para-hydroxylation sites is 1. The van der Waals surface area contributed by atoms with Crippen LogP contribution in [0.2, 0.25) is 0 Å². The van der Waals surface area contributed by atoms with Gasteiger partial charge in [-0.25, -0.2) is 19.9 Å². The Labute approximate surface area is 389 Å². The van der Waals surface area contributed by atoms with Crippen molar-refractivity contribution < 1.29 is 0 Å². The Kier molecular flexibility index (Phi) is 8.42. The maximum absolute atomic E-state index is 5.36. The lowest BCUT2D eigenvalue weighted by molar-refractivity contribution is 1.08. The number of aromatic nitrogens is 4. The smallest absolute Gasteiger partial charge is 0.164 e. The molecular formula is C62H36N4S. The molecule has 310 valence electrons. The van der Waals surface area contributed by atoms with Crippen LogP contribution < -0.4 is 0 Å². The molecule has 0 N–H and O–H groups in total. The molecule has 14 rings (SSSR count). The topological polar surface area (TPSA) is 51.6 Å². The van der Waals surface area contributed by atoms with Gasteiger partial charge in [0.2, 0.25) is 0 Å². The Morgan fingerprint density at radius 2 is 0.791 bits per heavy atom. The minimum Gasteiger partial charge on any atom is -0.247 e. The molecule has 14 aromatic rings. The minimum atomic E-state index is 0.620. The molecule has 0 saturated carbocycles. The fourth-order valence-corrected chi connectivity index (χ4v) is 11.6. The Bertz CT molecular complexity index is 4210. The van der Waals surface area contributed by atoms with Crippen LogP contribution in [0.1, 0.15) is 0 Å². The first-order valence-electron chi connectivity index (χ1n) is 22.6. The third-order valence-corrected chi connectivity index (χ3v) is 14.7. The Balaban J connectivity index is 0.921. The quantitative estimate of drug-likeness (QED) is 0.162. The molecule has 3 heterocycles. The number of benzene rings is 11. The van der Waals surface area contributed by atoms with Crippen molar-refractivity contribution in [2.24, 2.45) is 0 Å². The normalized spacial score (nSPS) is 11.9. The second-order valence-electron chi connectivity index (χ2n) is 17.3. The third-order valence-electron chi connectivity index (χ3n) is 13.5. The van der Waals surface area contributed by atoms with Crippen molar-refractivity contribution in [1.82, 2.24) is 19.9 Å². The summed E-state index contributed by atoms with van der Waals surface area (Å²) in [5.74, 6) is 1.90. The van der Waals surface area contributed by atoms with E-state index < -0.39 is 0 Å². The zero-order chi connectivity index (χ0) is 44.0. The molecule has 0 unspecified atom stereocenters. The first-order chi connectivity index (χ1) is 33.2. The standard InChI is InChI=1S/C62H36N4S/c1-3-18-43-40(14-1)35-53(47-22-7-5-20-45(43)47)61-64-60(65-62(66-61)54-36-41-15-2-4-19-44(41)46-21-6-8-23-48(46)54)38-30-28-37(29-31-38)39-16-13-17-42(34-39)58-52-33-32-50-49-24-10-12-27-56(49)67-59(50)57(52)51-25-9-11-26-55(51)63-58/h1-36H. The summed E-state index contributed by atoms with van der Waals surface area (Å²) in [5, 5.41) is 15.4. The largest absolute Gasteiger partial charge is 0.247 e. The Morgan fingerprint density at radius 1 is 0.284 bits per heavy atom. The lowest BCUT2D eigenvalue weighted by Gasteiger charge is -2.14. The van der Waals surface area contributed by atoms with E-state index in [2.05, 4.69) is 218 Å². The molecule has 67 heavy (non-hydrogen) atoms. The molecule has 0 fully saturated rings. The van der Waals surface area contributed by atoms with Gasteiger partial charge in [-0.2, -0.15) is 0 Å². The van der Waals surface area contributed by atoms with E-state index in [-0.39, 0.29) is 0 Å². The molecule has 0 atom stereocenters. The van der Waals surface area contributed by atoms with Gasteiger partial charge in [-0.15, -0.1) is 11.3 Å². The van der Waals surface area contributed by atoms with Crippen LogP contribution in [0.25, 0.3) is 141 Å². The maximum Gasteiger partial charge on any atom is 0.164 e. The van der Waals surface area contributed by atoms with Crippen molar-refractivity contribution in [2.75, 3.05) is 0 Å². The van der Waals surface area contributed by atoms with Crippen LogP contribution in [-0.4, -0.2) is 19.9 Å². The Hall–Kier alpha value is -8.64. The fraction of sp³-hybridized carbons (Fsp3) is 0. The van der Waals surface area contributed by atoms with E-state index in [4.69, 9.17) is 19.9 Å². The van der Waals surface area contributed by atoms with E-state index in [1.165, 1.54) is 52.5 Å². The summed E-state index contributed by atoms with van der Waals surface area (Å²) in [5.41, 5.74) is 8.12. The number of pyridine rings is 1. The molecule has 0 spiro atoms. The van der Waals surface area contributed by atoms with Crippen molar-refractivity contribution in [2.45, 2.75) is 0 Å². The van der Waals surface area contributed by atoms with Gasteiger partial charge in [-0.05, 0) is 84.5 Å². The van der Waals surface area contributed by atoms with Gasteiger partial charge in [0, 0.05) is 58.6 Å². The van der Waals surface area contributed by atoms with Crippen LogP contribution in [0.5, 0.6) is 0 Å². The van der Waals surface area contributed by atoms with Gasteiger partial charge in [0.05, 0.1) is 11.2 Å². The van der Waals surface area contributed by atoms with Crippen LogP contribution in [0, 0.1) is 0 Å². The molecule has 0 aliphatic heterocycles. The SMILES string of the molecule is c1cc(-c2ccc(-c3nc(-c4cc5ccccc5c5ccccc45)nc(-c4cc5ccccc5c5ccccc45)n3)cc2)cc(-c2nc3ccccc3c3c2ccc2c4ccccc4sc23)c1. The number of hydrogen-bond donors (Lipinski definition) is 0. The average molecular weight is 869 g/mol. The summed E-state index contributed by atoms with van der Waals surface area (Å²) in [6, 6.07) is 77.9. The molecule has 0 aliphatic rings. The van der Waals surface area contributed by atoms with Crippen LogP contribution in [0.3, 0.4) is 0 Å². The van der Waals surface area contributed by atoms with Crippen LogP contribution in [0.15, 0.2) is 218 Å². The molecule has 11 aromatic carbocycles. The number of rotatable bonds is 5. The second kappa shape index (κ2) is 15.0. The molecule has 0 radical (unpaired) electrons. The molecule has 4 nitrogen and oxygen atoms in total. The second-order valence-corrected chi connectivity index (χ2v) is 18.3. The van der Waals surface area contributed by atoms with Gasteiger partial charge < -0.3 is 0 Å². The highest BCUT2D eigenvalue weighted by Gasteiger charge is 2.20. The van der Waals surface area contributed by atoms with E-state index in [0.29, 0.717) is 17.5 Å². The van der Waals surface area contributed by atoms with Crippen molar-refractivity contribution in [3.05, 3.63) is 218 Å². The fourth-order valence-electron chi connectivity index (χ4n) is 10.3. The molecule has 0 aliphatic carbocycles. The monoisotopic (exact) mass is 868 g/mol. The first-order valence-corrected chi connectivity index (χ1v) is 23.4. The van der Waals surface area contributed by atoms with Crippen molar-refractivity contribution >= 4 is 96.3 Å². The summed E-state index contributed by atoms with van der Waals surface area (Å²) in [6.45, 7) is 0. The highest BCUT2D eigenvalue weighted by Crippen LogP contribution is 2.44. The van der Waals surface area contributed by atoms with Gasteiger partial charge in [-0.1, -0.05) is 188 Å². The van der Waals surface area contributed by atoms with E-state index in [0.717, 1.165) is 71.5 Å². The predicted octanol–water partition coefficient (Wildman–Crippen LogP) is 16.9. The van der Waals surface area contributed by atoms with Gasteiger partial charge in [0.25, 0.3) is 0 Å². The summed E-state index contributed by atoms with van der Waals surface area (Å²) in [6.07, 6.45) is 0. The molecule has 3 aromatic heterocycles. The van der Waals surface area contributed by atoms with Crippen molar-refractivity contribution in [3.63, 3.8) is 0 Å². The zero-order valence-electron chi connectivity index (χ0n) is 36.0. The highest BCUT2D eigenvalue weighted by molar-refractivity contribution is 7.26. The molecular weight excluding hydrogens is 833 g/mol. The predicted molar refractivity (Wildman–Crippen MR) is 283 cm³/mol. The van der Waals surface area contributed by atoms with Gasteiger partial charge >= 0.3 is 0 Å². The van der Waals surface area contributed by atoms with Crippen LogP contribution in [0.4, 0.5) is 0 Å². The highest BCUT2D eigenvalue weighted by atomic mass is 32.1. The third kappa shape index (κ3) is 6.06. The molecule has 0 saturated heterocycles. The lowest BCUT2D eigenvalue weighted by atomic mass is 9.95. The van der Waals surface area contributed by atoms with E-state index in [9.17, 15) is 0 Å². The van der Waals surface area contributed by atoms with Gasteiger partial charge in [0.1, 0.15) is 0 Å². The average Bonchev–Trinajstić information content (AvgIpc) is 3.79. The number of hydrogen-bond acceptors (Lipinski definition) is 5. The van der Waals surface area contributed by atoms with E-state index in [1.807, 2.05) is 11.3 Å². The minimum absolute atomic E-state index is 0.620. The number of thiophene rings is 1. The summed E-state index contributed by atoms with van der Waals surface area (Å²) < 4.78 is 2.60. The maximum atomic E-state index is 5.36. The first kappa shape index (κ1) is 37.7. The van der Waals surface area contributed by atoms with Crippen LogP contribution in [-0.2, 0) is 0 Å². The van der Waals surface area contributed by atoms with E-state index >= 15 is 0 Å². The van der Waals surface area contributed by atoms with Crippen molar-refractivity contribution in [3.8, 4) is 56.5 Å². The van der Waals surface area contributed by atoms with Crippen LogP contribution >= 0.6 is 11.3 Å². The van der Waals surface area contributed by atoms with Gasteiger partial charge in [0.15, 0.2) is 17.5 Å². The lowest BCUT2D eigenvalue weighted by Crippen LogP contribution is -2.01. The van der Waals surface area contributed by atoms with E-state index in [1.54, 1.807) is 0 Å². The summed E-state index contributed by atoms with van der Waals surface area (Å²) >= 11 is 1.87. The Morgan fingerprint density at radius 3 is 1.46 bits per heavy atom. The summed E-state index contributed by atoms with van der Waals surface area (Å²) in [4.78, 5) is 21.3. The molecule has 0 amide bonds. The molecule has 0 bridgehead atoms. The number of fused-ring (bicyclic) bond motifs is 13. The van der Waals surface area contributed by atoms with Gasteiger partial charge in [-0.3, -0.25) is 0 Å². The number of nitrogens with zero attached hydrogens (tertiary/aromatic N) is 4. The zero-order valence-corrected chi connectivity index (χ0v) is 36.8.